The maximum absolute atomic E-state index is 11.9. The number of hydrogen-bond acceptors (Lipinski definition) is 4. The van der Waals surface area contributed by atoms with E-state index in [1.807, 2.05) is 0 Å². The summed E-state index contributed by atoms with van der Waals surface area (Å²) in [4.78, 5) is 23.9. The molecule has 0 saturated heterocycles. The second-order valence-corrected chi connectivity index (χ2v) is 8.56. The van der Waals surface area contributed by atoms with Crippen molar-refractivity contribution in [2.75, 3.05) is 19.8 Å². The van der Waals surface area contributed by atoms with Crippen molar-refractivity contribution in [1.82, 2.24) is 0 Å². The Morgan fingerprint density at radius 2 is 1.32 bits per heavy atom. The zero-order valence-electron chi connectivity index (χ0n) is 19.1. The van der Waals surface area contributed by atoms with Crippen LogP contribution >= 0.6 is 0 Å². The molecule has 1 atom stereocenters. The summed E-state index contributed by atoms with van der Waals surface area (Å²) in [6.45, 7) is 9.77. The predicted molar refractivity (Wildman–Crippen MR) is 116 cm³/mol. The normalized spacial score (nSPS) is 12.3. The Hall–Kier alpha value is -0.900. The van der Waals surface area contributed by atoms with E-state index in [1.165, 1.54) is 38.5 Å². The first-order valence-corrected chi connectivity index (χ1v) is 11.7. The van der Waals surface area contributed by atoms with Gasteiger partial charge in [-0.05, 0) is 25.2 Å². The standard InChI is InChI=1S/C24H46O4/c1-5-7-9-11-13-15-23(25)20-27-18-22(17-21(3)4)19-28-24(26)16-14-12-10-8-6-2/h21-22H,5-20H2,1-4H3. The van der Waals surface area contributed by atoms with Crippen molar-refractivity contribution < 1.29 is 19.1 Å². The molecule has 0 heterocycles. The molecule has 0 aromatic heterocycles. The fourth-order valence-electron chi connectivity index (χ4n) is 3.34. The van der Waals surface area contributed by atoms with Crippen molar-refractivity contribution in [3.05, 3.63) is 0 Å². The Labute approximate surface area is 174 Å². The van der Waals surface area contributed by atoms with Crippen LogP contribution < -0.4 is 0 Å². The van der Waals surface area contributed by atoms with Crippen LogP contribution in [0.2, 0.25) is 0 Å². The smallest absolute Gasteiger partial charge is 0.305 e. The first-order valence-electron chi connectivity index (χ1n) is 11.7. The molecule has 1 unspecified atom stereocenters. The first-order chi connectivity index (χ1) is 13.5. The molecule has 0 spiro atoms. The number of carbonyl (C=O) groups excluding carboxylic acids is 2. The minimum atomic E-state index is -0.103. The molecule has 0 fully saturated rings. The van der Waals surface area contributed by atoms with E-state index >= 15 is 0 Å². The molecular weight excluding hydrogens is 352 g/mol. The number of ether oxygens (including phenoxy) is 2. The van der Waals surface area contributed by atoms with Gasteiger partial charge in [-0.1, -0.05) is 79.1 Å². The van der Waals surface area contributed by atoms with Crippen molar-refractivity contribution in [3.63, 3.8) is 0 Å². The first kappa shape index (κ1) is 27.1. The molecule has 0 aliphatic carbocycles. The molecule has 0 bridgehead atoms. The molecule has 0 amide bonds. The van der Waals surface area contributed by atoms with Crippen LogP contribution in [0.5, 0.6) is 0 Å². The third-order valence-corrected chi connectivity index (χ3v) is 4.94. The summed E-state index contributed by atoms with van der Waals surface area (Å²) in [7, 11) is 0. The van der Waals surface area contributed by atoms with Crippen LogP contribution in [0.15, 0.2) is 0 Å². The van der Waals surface area contributed by atoms with E-state index in [-0.39, 0.29) is 24.3 Å². The van der Waals surface area contributed by atoms with E-state index in [0.29, 0.717) is 32.0 Å². The lowest BCUT2D eigenvalue weighted by atomic mass is 9.98. The molecule has 0 aromatic rings. The lowest BCUT2D eigenvalue weighted by Gasteiger charge is -2.19. The van der Waals surface area contributed by atoms with Crippen molar-refractivity contribution in [2.24, 2.45) is 11.8 Å². The second-order valence-electron chi connectivity index (χ2n) is 8.56. The van der Waals surface area contributed by atoms with Crippen LogP contribution in [0, 0.1) is 11.8 Å². The lowest BCUT2D eigenvalue weighted by Crippen LogP contribution is -2.22. The molecule has 0 N–H and O–H groups in total. The van der Waals surface area contributed by atoms with E-state index in [4.69, 9.17) is 9.47 Å². The van der Waals surface area contributed by atoms with Gasteiger partial charge in [0.15, 0.2) is 5.78 Å². The number of ketones is 1. The molecular formula is C24H46O4. The summed E-state index contributed by atoms with van der Waals surface area (Å²) in [5.74, 6) is 0.759. The summed E-state index contributed by atoms with van der Waals surface area (Å²) in [5, 5.41) is 0. The fraction of sp³-hybridized carbons (Fsp3) is 0.917. The van der Waals surface area contributed by atoms with Crippen LogP contribution in [0.4, 0.5) is 0 Å². The Morgan fingerprint density at radius 1 is 0.750 bits per heavy atom. The molecule has 28 heavy (non-hydrogen) atoms. The highest BCUT2D eigenvalue weighted by Gasteiger charge is 2.15. The van der Waals surface area contributed by atoms with E-state index in [9.17, 15) is 9.59 Å². The van der Waals surface area contributed by atoms with Gasteiger partial charge < -0.3 is 9.47 Å². The highest BCUT2D eigenvalue weighted by molar-refractivity contribution is 5.79. The SMILES string of the molecule is CCCCCCCC(=O)COCC(COC(=O)CCCCCCC)CC(C)C. The summed E-state index contributed by atoms with van der Waals surface area (Å²) in [6.07, 6.45) is 13.5. The number of hydrogen-bond donors (Lipinski definition) is 0. The average molecular weight is 399 g/mol. The third-order valence-electron chi connectivity index (χ3n) is 4.94. The zero-order chi connectivity index (χ0) is 21.0. The van der Waals surface area contributed by atoms with Gasteiger partial charge >= 0.3 is 5.97 Å². The van der Waals surface area contributed by atoms with Crippen molar-refractivity contribution in [1.29, 1.82) is 0 Å². The molecule has 166 valence electrons. The van der Waals surface area contributed by atoms with Gasteiger partial charge in [0.1, 0.15) is 6.61 Å². The molecule has 4 heteroatoms. The molecule has 4 nitrogen and oxygen atoms in total. The van der Waals surface area contributed by atoms with E-state index in [2.05, 4.69) is 27.7 Å². The fourth-order valence-corrected chi connectivity index (χ4v) is 3.34. The highest BCUT2D eigenvalue weighted by Crippen LogP contribution is 2.14. The van der Waals surface area contributed by atoms with Crippen molar-refractivity contribution in [2.45, 2.75) is 111 Å². The van der Waals surface area contributed by atoms with Crippen LogP contribution in [0.3, 0.4) is 0 Å². The summed E-state index contributed by atoms with van der Waals surface area (Å²) < 4.78 is 11.1. The number of Topliss-reactive ketones (excluding diaryl/α,β-unsaturated/α-hetero) is 1. The number of unbranched alkanes of at least 4 members (excludes halogenated alkanes) is 8. The minimum absolute atomic E-state index is 0.103. The van der Waals surface area contributed by atoms with Crippen molar-refractivity contribution >= 4 is 11.8 Å². The third kappa shape index (κ3) is 18.5. The van der Waals surface area contributed by atoms with Gasteiger partial charge in [0.2, 0.25) is 0 Å². The molecule has 0 rings (SSSR count). The molecule has 0 aliphatic rings. The summed E-state index contributed by atoms with van der Waals surface area (Å²) >= 11 is 0. The average Bonchev–Trinajstić information content (AvgIpc) is 2.65. The monoisotopic (exact) mass is 398 g/mol. The van der Waals surface area contributed by atoms with Crippen LogP contribution in [0.1, 0.15) is 111 Å². The predicted octanol–water partition coefficient (Wildman–Crippen LogP) is 6.50. The Kier molecular flexibility index (Phi) is 18.8. The minimum Gasteiger partial charge on any atom is -0.465 e. The molecule has 0 radical (unpaired) electrons. The summed E-state index contributed by atoms with van der Waals surface area (Å²) in [6, 6.07) is 0. The Bertz CT molecular complexity index is 379. The maximum atomic E-state index is 11.9. The number of esters is 1. The largest absolute Gasteiger partial charge is 0.465 e. The molecule has 0 saturated carbocycles. The topological polar surface area (TPSA) is 52.6 Å². The van der Waals surface area contributed by atoms with Gasteiger partial charge in [0.25, 0.3) is 0 Å². The summed E-state index contributed by atoms with van der Waals surface area (Å²) in [5.41, 5.74) is 0. The van der Waals surface area contributed by atoms with E-state index < -0.39 is 0 Å². The maximum Gasteiger partial charge on any atom is 0.305 e. The van der Waals surface area contributed by atoms with Crippen LogP contribution in [-0.4, -0.2) is 31.6 Å². The quantitative estimate of drug-likeness (QED) is 0.173. The van der Waals surface area contributed by atoms with E-state index in [1.54, 1.807) is 0 Å². The Morgan fingerprint density at radius 3 is 1.89 bits per heavy atom. The molecule has 0 aromatic carbocycles. The van der Waals surface area contributed by atoms with Crippen LogP contribution in [-0.2, 0) is 19.1 Å². The Balaban J connectivity index is 3.94. The highest BCUT2D eigenvalue weighted by atomic mass is 16.5. The van der Waals surface area contributed by atoms with Gasteiger partial charge in [0.05, 0.1) is 13.2 Å². The van der Waals surface area contributed by atoms with Gasteiger partial charge in [-0.3, -0.25) is 9.59 Å². The number of carbonyl (C=O) groups is 2. The van der Waals surface area contributed by atoms with Gasteiger partial charge in [-0.15, -0.1) is 0 Å². The molecule has 0 aliphatic heterocycles. The van der Waals surface area contributed by atoms with Gasteiger partial charge in [-0.2, -0.15) is 0 Å². The lowest BCUT2D eigenvalue weighted by molar-refractivity contribution is -0.146. The second kappa shape index (κ2) is 19.4. The van der Waals surface area contributed by atoms with E-state index in [0.717, 1.165) is 32.1 Å². The zero-order valence-corrected chi connectivity index (χ0v) is 19.1. The number of rotatable bonds is 20. The van der Waals surface area contributed by atoms with Gasteiger partial charge in [0, 0.05) is 18.8 Å². The van der Waals surface area contributed by atoms with Gasteiger partial charge in [-0.25, -0.2) is 0 Å². The van der Waals surface area contributed by atoms with Crippen LogP contribution in [0.25, 0.3) is 0 Å². The van der Waals surface area contributed by atoms with Crippen molar-refractivity contribution in [3.8, 4) is 0 Å².